The Morgan fingerprint density at radius 2 is 1.79 bits per heavy atom. The maximum Gasteiger partial charge on any atom is 0.303 e. The molecule has 4 nitrogen and oxygen atoms in total. The summed E-state index contributed by atoms with van der Waals surface area (Å²) in [4.78, 5) is 37.1. The van der Waals surface area contributed by atoms with E-state index in [0.29, 0.717) is 23.3 Å². The van der Waals surface area contributed by atoms with Crippen molar-refractivity contribution in [3.63, 3.8) is 0 Å². The van der Waals surface area contributed by atoms with Crippen LogP contribution in [-0.2, 0) is 19.1 Å². The highest BCUT2D eigenvalue weighted by molar-refractivity contribution is 6.32. The van der Waals surface area contributed by atoms with Crippen LogP contribution >= 0.6 is 11.6 Å². The van der Waals surface area contributed by atoms with Crippen molar-refractivity contribution in [2.75, 3.05) is 0 Å². The minimum absolute atomic E-state index is 0.0423. The lowest BCUT2D eigenvalue weighted by Crippen LogP contribution is -2.58. The van der Waals surface area contributed by atoms with Crippen LogP contribution in [0.1, 0.15) is 59.8 Å². The summed E-state index contributed by atoms with van der Waals surface area (Å²) in [7, 11) is 0. The molecule has 5 aliphatic carbocycles. The largest absolute Gasteiger partial charge is 0.451 e. The molecule has 156 valence electrons. The van der Waals surface area contributed by atoms with Crippen LogP contribution in [0, 0.1) is 40.4 Å². The molecule has 5 heteroatoms. The average Bonchev–Trinajstić information content (AvgIpc) is 3.39. The minimum atomic E-state index is -1.03. The van der Waals surface area contributed by atoms with Crippen LogP contribution < -0.4 is 0 Å². The number of esters is 1. The number of ketones is 2. The monoisotopic (exact) mass is 416 g/mol. The molecule has 0 aromatic heterocycles. The summed E-state index contributed by atoms with van der Waals surface area (Å²) in [5.41, 5.74) is -0.455. The van der Waals surface area contributed by atoms with Crippen molar-refractivity contribution < 1.29 is 19.1 Å². The Bertz CT molecular complexity index is 903. The van der Waals surface area contributed by atoms with E-state index in [0.717, 1.165) is 31.3 Å². The molecule has 29 heavy (non-hydrogen) atoms. The molecule has 0 bridgehead atoms. The van der Waals surface area contributed by atoms with Crippen LogP contribution in [0.3, 0.4) is 0 Å². The van der Waals surface area contributed by atoms with Crippen LogP contribution in [0.15, 0.2) is 22.8 Å². The fraction of sp³-hybridized carbons (Fsp3) is 0.708. The molecule has 0 aromatic carbocycles. The summed E-state index contributed by atoms with van der Waals surface area (Å²) in [5, 5.41) is 0.713. The van der Waals surface area contributed by atoms with Crippen molar-refractivity contribution in [1.29, 1.82) is 0 Å². The second-order valence-corrected chi connectivity index (χ2v) is 10.9. The molecular weight excluding hydrogens is 388 g/mol. The summed E-state index contributed by atoms with van der Waals surface area (Å²) in [5.74, 6) is 1.27. The van der Waals surface area contributed by atoms with Crippen LogP contribution in [0.2, 0.25) is 0 Å². The number of ether oxygens (including phenoxy) is 1. The van der Waals surface area contributed by atoms with Crippen LogP contribution in [0.5, 0.6) is 0 Å². The number of carbonyl (C=O) groups excluding carboxylic acids is 3. The first-order valence-electron chi connectivity index (χ1n) is 10.9. The maximum atomic E-state index is 12.8. The molecule has 0 saturated heterocycles. The number of hydrogen-bond donors (Lipinski definition) is 0. The van der Waals surface area contributed by atoms with Crippen LogP contribution in [0.25, 0.3) is 0 Å². The predicted octanol–water partition coefficient (Wildman–Crippen LogP) is 4.61. The van der Waals surface area contributed by atoms with Crippen molar-refractivity contribution in [3.8, 4) is 0 Å². The van der Waals surface area contributed by atoms with Gasteiger partial charge in [0.1, 0.15) is 0 Å². The van der Waals surface area contributed by atoms with Crippen molar-refractivity contribution in [2.45, 2.75) is 65.4 Å². The van der Waals surface area contributed by atoms with Gasteiger partial charge in [-0.1, -0.05) is 31.5 Å². The normalized spacial score (nSPS) is 49.7. The zero-order valence-electron chi connectivity index (χ0n) is 17.6. The van der Waals surface area contributed by atoms with Crippen molar-refractivity contribution in [3.05, 3.63) is 22.8 Å². The molecule has 0 amide bonds. The van der Waals surface area contributed by atoms with Gasteiger partial charge >= 0.3 is 5.97 Å². The third-order valence-corrected chi connectivity index (χ3v) is 9.83. The van der Waals surface area contributed by atoms with Gasteiger partial charge < -0.3 is 4.74 Å². The highest BCUT2D eigenvalue weighted by Gasteiger charge is 2.70. The van der Waals surface area contributed by atoms with Gasteiger partial charge in [-0.05, 0) is 74.3 Å². The SMILES string of the molecule is CC(=O)O[C@]1(C(C)=O)CC[C@H]2[C@@H]3C=C(Cl)C4=CC(=O)[C@@H]5C[C@@H]5[C@]4(C)C3CC[C@@]21C. The number of carbonyl (C=O) groups is 3. The second kappa shape index (κ2) is 5.84. The van der Waals surface area contributed by atoms with Gasteiger partial charge in [0.15, 0.2) is 17.2 Å². The third kappa shape index (κ3) is 2.24. The highest BCUT2D eigenvalue weighted by Crippen LogP contribution is 2.72. The van der Waals surface area contributed by atoms with Crippen molar-refractivity contribution in [1.82, 2.24) is 0 Å². The summed E-state index contributed by atoms with van der Waals surface area (Å²) < 4.78 is 5.82. The Kier molecular flexibility index (Phi) is 3.93. The van der Waals surface area contributed by atoms with Gasteiger partial charge in [-0.25, -0.2) is 0 Å². The molecular formula is C24H29ClO4. The van der Waals surface area contributed by atoms with E-state index < -0.39 is 5.60 Å². The van der Waals surface area contributed by atoms with E-state index in [1.807, 2.05) is 6.08 Å². The Labute approximate surface area is 177 Å². The fourth-order valence-electron chi connectivity index (χ4n) is 8.03. The number of halogens is 1. The second-order valence-electron chi connectivity index (χ2n) is 10.5. The third-order valence-electron chi connectivity index (χ3n) is 9.50. The van der Waals surface area contributed by atoms with Gasteiger partial charge in [0.2, 0.25) is 0 Å². The molecule has 3 saturated carbocycles. The Morgan fingerprint density at radius 3 is 2.45 bits per heavy atom. The number of hydrogen-bond acceptors (Lipinski definition) is 4. The molecule has 8 atom stereocenters. The lowest BCUT2D eigenvalue weighted by atomic mass is 9.47. The van der Waals surface area contributed by atoms with E-state index in [2.05, 4.69) is 19.9 Å². The van der Waals surface area contributed by atoms with Gasteiger partial charge in [0, 0.05) is 28.7 Å². The van der Waals surface area contributed by atoms with Crippen LogP contribution in [0.4, 0.5) is 0 Å². The Morgan fingerprint density at radius 1 is 1.10 bits per heavy atom. The molecule has 5 rings (SSSR count). The van der Waals surface area contributed by atoms with E-state index in [4.69, 9.17) is 16.3 Å². The molecule has 5 aliphatic rings. The van der Waals surface area contributed by atoms with Gasteiger partial charge in [0.05, 0.1) is 0 Å². The molecule has 0 aliphatic heterocycles. The zero-order chi connectivity index (χ0) is 20.9. The highest BCUT2D eigenvalue weighted by atomic mass is 35.5. The molecule has 0 aromatic rings. The number of Topliss-reactive ketones (excluding diaryl/α,β-unsaturated/α-hetero) is 1. The van der Waals surface area contributed by atoms with Crippen molar-refractivity contribution >= 4 is 29.1 Å². The first kappa shape index (κ1) is 19.5. The first-order chi connectivity index (χ1) is 13.6. The van der Waals surface area contributed by atoms with Gasteiger partial charge in [-0.3, -0.25) is 14.4 Å². The topological polar surface area (TPSA) is 60.4 Å². The Hall–Kier alpha value is -1.42. The van der Waals surface area contributed by atoms with Gasteiger partial charge in [-0.15, -0.1) is 0 Å². The maximum absolute atomic E-state index is 12.8. The smallest absolute Gasteiger partial charge is 0.303 e. The number of fused-ring (bicyclic) bond motifs is 7. The quantitative estimate of drug-likeness (QED) is 0.617. The van der Waals surface area contributed by atoms with E-state index in [1.165, 1.54) is 6.92 Å². The lowest BCUT2D eigenvalue weighted by molar-refractivity contribution is -0.185. The molecule has 0 spiro atoms. The lowest BCUT2D eigenvalue weighted by Gasteiger charge is -2.57. The predicted molar refractivity (Wildman–Crippen MR) is 109 cm³/mol. The van der Waals surface area contributed by atoms with Gasteiger partial charge in [0.25, 0.3) is 0 Å². The zero-order valence-corrected chi connectivity index (χ0v) is 18.3. The molecule has 0 heterocycles. The van der Waals surface area contributed by atoms with Crippen LogP contribution in [-0.4, -0.2) is 23.1 Å². The minimum Gasteiger partial charge on any atom is -0.451 e. The summed E-state index contributed by atoms with van der Waals surface area (Å²) in [6.07, 6.45) is 8.18. The fourth-order valence-corrected chi connectivity index (χ4v) is 8.43. The van der Waals surface area contributed by atoms with E-state index in [1.54, 1.807) is 6.92 Å². The van der Waals surface area contributed by atoms with Gasteiger partial charge in [-0.2, -0.15) is 0 Å². The standard InChI is InChI=1S/C24H29ClO4/c1-12(26)24(29-13(2)27)8-6-16-14-10-20(25)19-11-21(28)15-9-18(15)23(19,4)17(14)5-7-22(16,24)3/h10-11,14-18H,5-9H2,1-4H3/t14-,15+,16-,17?,18-,22-,23-,24-/m0/s1. The summed E-state index contributed by atoms with van der Waals surface area (Å²) in [6, 6.07) is 0. The molecule has 0 N–H and O–H groups in total. The molecule has 3 fully saturated rings. The first-order valence-corrected chi connectivity index (χ1v) is 11.3. The Balaban J connectivity index is 1.60. The average molecular weight is 417 g/mol. The number of allylic oxidation sites excluding steroid dienone is 4. The summed E-state index contributed by atoms with van der Waals surface area (Å²) >= 11 is 6.79. The number of rotatable bonds is 2. The van der Waals surface area contributed by atoms with E-state index in [9.17, 15) is 14.4 Å². The van der Waals surface area contributed by atoms with E-state index in [-0.39, 0.29) is 46.1 Å². The van der Waals surface area contributed by atoms with E-state index >= 15 is 0 Å². The summed E-state index contributed by atoms with van der Waals surface area (Å²) in [6.45, 7) is 7.42. The van der Waals surface area contributed by atoms with Crippen molar-refractivity contribution in [2.24, 2.45) is 40.4 Å². The molecule has 0 radical (unpaired) electrons. The molecule has 1 unspecified atom stereocenters.